The van der Waals surface area contributed by atoms with E-state index in [4.69, 9.17) is 4.42 Å². The zero-order valence-electron chi connectivity index (χ0n) is 15.9. The maximum atomic E-state index is 12.7. The van der Waals surface area contributed by atoms with E-state index >= 15 is 0 Å². The Balaban J connectivity index is 1.53. The number of aryl methyl sites for hydroxylation is 1. The fraction of sp³-hybridized carbons (Fsp3) is 0.350. The van der Waals surface area contributed by atoms with Crippen LogP contribution in [0, 0.1) is 0 Å². The molecule has 1 aromatic heterocycles. The summed E-state index contributed by atoms with van der Waals surface area (Å²) in [5.41, 5.74) is 2.39. The molecule has 1 aliphatic heterocycles. The second kappa shape index (κ2) is 8.26. The Labute approximate surface area is 163 Å². The maximum absolute atomic E-state index is 12.7. The Kier molecular flexibility index (Phi) is 5.79. The summed E-state index contributed by atoms with van der Waals surface area (Å²) in [7, 11) is 0. The number of carbonyl (C=O) groups excluding carboxylic acids is 3. The molecule has 28 heavy (non-hydrogen) atoms. The molecular formula is C20H24N4O4. The minimum Gasteiger partial charge on any atom is -0.468 e. The predicted molar refractivity (Wildman–Crippen MR) is 102 cm³/mol. The van der Waals surface area contributed by atoms with Gasteiger partial charge in [-0.2, -0.15) is 5.01 Å². The summed E-state index contributed by atoms with van der Waals surface area (Å²) in [6, 6.07) is 12.5. The van der Waals surface area contributed by atoms with E-state index in [0.717, 1.165) is 10.6 Å². The number of hydrogen-bond acceptors (Lipinski definition) is 5. The fourth-order valence-electron chi connectivity index (χ4n) is 3.04. The van der Waals surface area contributed by atoms with Crippen molar-refractivity contribution in [1.29, 1.82) is 0 Å². The number of hydrazine groups is 1. The SMILES string of the molecule is C[C@H](NCC(=O)NN1C(=O)N[C@@](C)(CCc2ccccc2)C1=O)c1ccco1. The van der Waals surface area contributed by atoms with Gasteiger partial charge in [-0.05, 0) is 44.4 Å². The van der Waals surface area contributed by atoms with E-state index in [1.807, 2.05) is 37.3 Å². The van der Waals surface area contributed by atoms with Crippen LogP contribution in [0.15, 0.2) is 53.1 Å². The van der Waals surface area contributed by atoms with Crippen LogP contribution in [0.1, 0.15) is 37.6 Å². The molecule has 4 amide bonds. The van der Waals surface area contributed by atoms with Gasteiger partial charge in [-0.3, -0.25) is 20.3 Å². The number of carbonyl (C=O) groups is 3. The van der Waals surface area contributed by atoms with Crippen molar-refractivity contribution in [3.05, 3.63) is 60.1 Å². The minimum absolute atomic E-state index is 0.0698. The summed E-state index contributed by atoms with van der Waals surface area (Å²) in [5, 5.41) is 6.42. The number of benzene rings is 1. The number of rotatable bonds is 8. The van der Waals surface area contributed by atoms with Crippen LogP contribution < -0.4 is 16.1 Å². The third-order valence-electron chi connectivity index (χ3n) is 4.79. The van der Waals surface area contributed by atoms with Crippen molar-refractivity contribution in [3.8, 4) is 0 Å². The lowest BCUT2D eigenvalue weighted by atomic mass is 9.93. The molecule has 1 saturated heterocycles. The molecule has 1 aliphatic rings. The lowest BCUT2D eigenvalue weighted by Crippen LogP contribution is -2.51. The van der Waals surface area contributed by atoms with Gasteiger partial charge in [0, 0.05) is 0 Å². The third-order valence-corrected chi connectivity index (χ3v) is 4.79. The Bertz CT molecular complexity index is 837. The van der Waals surface area contributed by atoms with Crippen molar-refractivity contribution in [2.75, 3.05) is 6.54 Å². The summed E-state index contributed by atoms with van der Waals surface area (Å²) in [6.45, 7) is 3.44. The van der Waals surface area contributed by atoms with Gasteiger partial charge < -0.3 is 9.73 Å². The van der Waals surface area contributed by atoms with Crippen molar-refractivity contribution in [1.82, 2.24) is 21.1 Å². The molecule has 0 unspecified atom stereocenters. The van der Waals surface area contributed by atoms with Crippen LogP contribution in [-0.4, -0.2) is 34.9 Å². The average molecular weight is 384 g/mol. The summed E-state index contributed by atoms with van der Waals surface area (Å²) in [6.07, 6.45) is 2.62. The monoisotopic (exact) mass is 384 g/mol. The number of furan rings is 1. The second-order valence-electron chi connectivity index (χ2n) is 7.04. The molecule has 1 aromatic carbocycles. The van der Waals surface area contributed by atoms with Crippen LogP contribution in [0.5, 0.6) is 0 Å². The Morgan fingerprint density at radius 1 is 1.21 bits per heavy atom. The van der Waals surface area contributed by atoms with Gasteiger partial charge in [0.05, 0.1) is 18.8 Å². The Morgan fingerprint density at radius 3 is 2.64 bits per heavy atom. The third kappa shape index (κ3) is 4.40. The molecule has 3 rings (SSSR count). The molecule has 2 atom stereocenters. The highest BCUT2D eigenvalue weighted by Crippen LogP contribution is 2.22. The van der Waals surface area contributed by atoms with Crippen LogP contribution in [0.2, 0.25) is 0 Å². The molecule has 2 aromatic rings. The first-order valence-corrected chi connectivity index (χ1v) is 9.16. The van der Waals surface area contributed by atoms with Gasteiger partial charge in [-0.25, -0.2) is 4.79 Å². The first-order chi connectivity index (χ1) is 13.4. The lowest BCUT2D eigenvalue weighted by Gasteiger charge is -2.21. The number of nitrogens with one attached hydrogen (secondary N) is 3. The topological polar surface area (TPSA) is 104 Å². The second-order valence-corrected chi connectivity index (χ2v) is 7.04. The highest BCUT2D eigenvalue weighted by Gasteiger charge is 2.48. The fourth-order valence-corrected chi connectivity index (χ4v) is 3.04. The van der Waals surface area contributed by atoms with Gasteiger partial charge in [0.25, 0.3) is 11.8 Å². The molecule has 0 aliphatic carbocycles. The number of amides is 4. The number of imide groups is 1. The molecule has 2 heterocycles. The van der Waals surface area contributed by atoms with Crippen molar-refractivity contribution < 1.29 is 18.8 Å². The molecule has 0 radical (unpaired) electrons. The van der Waals surface area contributed by atoms with Gasteiger partial charge in [-0.1, -0.05) is 30.3 Å². The van der Waals surface area contributed by atoms with Crippen LogP contribution in [-0.2, 0) is 16.0 Å². The van der Waals surface area contributed by atoms with Gasteiger partial charge in [0.2, 0.25) is 0 Å². The van der Waals surface area contributed by atoms with Crippen LogP contribution in [0.3, 0.4) is 0 Å². The molecule has 0 spiro atoms. The van der Waals surface area contributed by atoms with E-state index in [-0.39, 0.29) is 12.6 Å². The highest BCUT2D eigenvalue weighted by atomic mass is 16.3. The van der Waals surface area contributed by atoms with E-state index in [2.05, 4.69) is 16.1 Å². The predicted octanol–water partition coefficient (Wildman–Crippen LogP) is 1.90. The van der Waals surface area contributed by atoms with E-state index in [1.54, 1.807) is 25.3 Å². The number of nitrogens with zero attached hydrogens (tertiary/aromatic N) is 1. The van der Waals surface area contributed by atoms with Gasteiger partial charge in [0.15, 0.2) is 0 Å². The zero-order valence-corrected chi connectivity index (χ0v) is 15.9. The molecule has 3 N–H and O–H groups in total. The van der Waals surface area contributed by atoms with Gasteiger partial charge >= 0.3 is 6.03 Å². The van der Waals surface area contributed by atoms with E-state index in [0.29, 0.717) is 18.6 Å². The lowest BCUT2D eigenvalue weighted by molar-refractivity contribution is -0.138. The first kappa shape index (κ1) is 19.6. The smallest absolute Gasteiger partial charge is 0.344 e. The molecular weight excluding hydrogens is 360 g/mol. The summed E-state index contributed by atoms with van der Waals surface area (Å²) in [4.78, 5) is 37.1. The molecule has 148 valence electrons. The molecule has 8 nitrogen and oxygen atoms in total. The van der Waals surface area contributed by atoms with Gasteiger partial charge in [0.1, 0.15) is 11.3 Å². The number of hydrogen-bond donors (Lipinski definition) is 3. The summed E-state index contributed by atoms with van der Waals surface area (Å²) in [5.74, 6) is -0.272. The summed E-state index contributed by atoms with van der Waals surface area (Å²) < 4.78 is 5.26. The van der Waals surface area contributed by atoms with E-state index in [9.17, 15) is 14.4 Å². The molecule has 0 saturated carbocycles. The maximum Gasteiger partial charge on any atom is 0.344 e. The van der Waals surface area contributed by atoms with Crippen molar-refractivity contribution in [2.45, 2.75) is 38.3 Å². The largest absolute Gasteiger partial charge is 0.468 e. The van der Waals surface area contributed by atoms with Crippen LogP contribution in [0.25, 0.3) is 0 Å². The summed E-state index contributed by atoms with van der Waals surface area (Å²) >= 11 is 0. The Hall–Kier alpha value is -3.13. The quantitative estimate of drug-likeness (QED) is 0.603. The van der Waals surface area contributed by atoms with Crippen LogP contribution in [0.4, 0.5) is 4.79 Å². The molecule has 1 fully saturated rings. The van der Waals surface area contributed by atoms with Crippen molar-refractivity contribution in [2.24, 2.45) is 0 Å². The number of urea groups is 1. The highest BCUT2D eigenvalue weighted by molar-refractivity contribution is 6.07. The van der Waals surface area contributed by atoms with Crippen molar-refractivity contribution >= 4 is 17.8 Å². The first-order valence-electron chi connectivity index (χ1n) is 9.16. The zero-order chi connectivity index (χ0) is 20.1. The molecule has 0 bridgehead atoms. The normalized spacial score (nSPS) is 20.1. The average Bonchev–Trinajstić information content (AvgIpc) is 3.29. The van der Waals surface area contributed by atoms with E-state index in [1.165, 1.54) is 0 Å². The standard InChI is InChI=1S/C20H24N4O4/c1-14(16-9-6-12-28-16)21-13-17(25)23-24-18(26)20(2,22-19(24)27)11-10-15-7-4-3-5-8-15/h3-9,12,14,21H,10-11,13H2,1-2H3,(H,22,27)(H,23,25)/t14-,20-/m0/s1. The van der Waals surface area contributed by atoms with Crippen LogP contribution >= 0.6 is 0 Å². The minimum atomic E-state index is -1.06. The Morgan fingerprint density at radius 2 is 1.96 bits per heavy atom. The van der Waals surface area contributed by atoms with Crippen molar-refractivity contribution in [3.63, 3.8) is 0 Å². The molecule has 8 heteroatoms. The van der Waals surface area contributed by atoms with Gasteiger partial charge in [-0.15, -0.1) is 0 Å². The van der Waals surface area contributed by atoms with E-state index < -0.39 is 23.4 Å².